The van der Waals surface area contributed by atoms with E-state index in [1.165, 1.54) is 6.07 Å². The molecule has 1 saturated heterocycles. The minimum atomic E-state index is -0.852. The number of fused-ring (bicyclic) bond motifs is 1. The van der Waals surface area contributed by atoms with Gasteiger partial charge in [0, 0.05) is 30.1 Å². The van der Waals surface area contributed by atoms with Crippen molar-refractivity contribution >= 4 is 16.6 Å². The largest absolute Gasteiger partial charge is 0.381 e. The predicted octanol–water partition coefficient (Wildman–Crippen LogP) is 4.55. The molecule has 6 heteroatoms. The summed E-state index contributed by atoms with van der Waals surface area (Å²) in [4.78, 5) is 2.44. The lowest BCUT2D eigenvalue weighted by molar-refractivity contribution is 0.215. The Hall–Kier alpha value is -2.73. The van der Waals surface area contributed by atoms with Crippen molar-refractivity contribution in [3.63, 3.8) is 0 Å². The smallest absolute Gasteiger partial charge is 0.166 e. The molecule has 1 aliphatic rings. The summed E-state index contributed by atoms with van der Waals surface area (Å²) in [6.07, 6.45) is 2.13. The normalized spacial score (nSPS) is 15.8. The van der Waals surface area contributed by atoms with E-state index in [-0.39, 0.29) is 5.56 Å². The second-order valence-corrected chi connectivity index (χ2v) is 7.27. The fourth-order valence-electron chi connectivity index (χ4n) is 3.85. The van der Waals surface area contributed by atoms with Gasteiger partial charge in [-0.15, -0.1) is 0 Å². The molecule has 0 bridgehead atoms. The van der Waals surface area contributed by atoms with E-state index < -0.39 is 11.6 Å². The first kappa shape index (κ1) is 18.6. The average Bonchev–Trinajstić information content (AvgIpc) is 3.14. The van der Waals surface area contributed by atoms with Crippen LogP contribution in [0.4, 0.5) is 8.78 Å². The Morgan fingerprint density at radius 2 is 2.04 bits per heavy atom. The van der Waals surface area contributed by atoms with Crippen molar-refractivity contribution in [3.05, 3.63) is 60.3 Å². The van der Waals surface area contributed by atoms with Crippen molar-refractivity contribution < 1.29 is 8.78 Å². The van der Waals surface area contributed by atoms with E-state index >= 15 is 0 Å². The monoisotopic (exact) mass is 382 g/mol. The van der Waals surface area contributed by atoms with Gasteiger partial charge in [0.15, 0.2) is 11.6 Å². The van der Waals surface area contributed by atoms with E-state index in [0.29, 0.717) is 17.3 Å². The van der Waals surface area contributed by atoms with Crippen LogP contribution in [0.1, 0.15) is 25.5 Å². The minimum absolute atomic E-state index is 0.236. The summed E-state index contributed by atoms with van der Waals surface area (Å²) in [5.41, 5.74) is 3.14. The number of nitrogens with one attached hydrogen (secondary N) is 2. The molecule has 1 aliphatic heterocycles. The second kappa shape index (κ2) is 7.72. The van der Waals surface area contributed by atoms with Gasteiger partial charge in [-0.25, -0.2) is 8.78 Å². The maximum Gasteiger partial charge on any atom is 0.166 e. The lowest BCUT2D eigenvalue weighted by Gasteiger charge is -2.32. The first-order chi connectivity index (χ1) is 13.6. The third-order valence-corrected chi connectivity index (χ3v) is 5.52. The highest BCUT2D eigenvalue weighted by molar-refractivity contribution is 5.92. The number of aromatic nitrogens is 2. The van der Waals surface area contributed by atoms with Gasteiger partial charge in [-0.3, -0.25) is 5.10 Å². The summed E-state index contributed by atoms with van der Waals surface area (Å²) >= 11 is 0. The third-order valence-electron chi connectivity index (χ3n) is 5.52. The highest BCUT2D eigenvalue weighted by Crippen LogP contribution is 2.30. The number of hydrogen-bond acceptors (Lipinski definition) is 3. The van der Waals surface area contributed by atoms with Gasteiger partial charge in [0.2, 0.25) is 0 Å². The maximum atomic E-state index is 14.2. The van der Waals surface area contributed by atoms with E-state index in [2.05, 4.69) is 33.9 Å². The highest BCUT2D eigenvalue weighted by atomic mass is 19.2. The lowest BCUT2D eigenvalue weighted by atomic mass is 10.0. The topological polar surface area (TPSA) is 44.0 Å². The van der Waals surface area contributed by atoms with Crippen molar-refractivity contribution in [2.45, 2.75) is 25.8 Å². The van der Waals surface area contributed by atoms with Gasteiger partial charge in [0.25, 0.3) is 0 Å². The van der Waals surface area contributed by atoms with Crippen molar-refractivity contribution in [2.75, 3.05) is 19.6 Å². The van der Waals surface area contributed by atoms with Crippen molar-refractivity contribution in [1.29, 1.82) is 0 Å². The molecule has 0 aliphatic carbocycles. The molecule has 2 N–H and O–H groups in total. The van der Waals surface area contributed by atoms with Gasteiger partial charge >= 0.3 is 0 Å². The molecule has 4 rings (SSSR count). The maximum absolute atomic E-state index is 14.2. The average molecular weight is 382 g/mol. The molecule has 2 heterocycles. The number of piperidine rings is 1. The summed E-state index contributed by atoms with van der Waals surface area (Å²) < 4.78 is 27.8. The molecule has 1 fully saturated rings. The molecule has 0 saturated carbocycles. The van der Waals surface area contributed by atoms with E-state index in [1.807, 2.05) is 12.1 Å². The Morgan fingerprint density at radius 1 is 1.25 bits per heavy atom. The van der Waals surface area contributed by atoms with Gasteiger partial charge in [-0.05, 0) is 43.1 Å². The van der Waals surface area contributed by atoms with Gasteiger partial charge in [0.1, 0.15) is 5.69 Å². The van der Waals surface area contributed by atoms with Crippen LogP contribution in [-0.4, -0.2) is 40.8 Å². The Bertz CT molecular complexity index is 1000. The van der Waals surface area contributed by atoms with Gasteiger partial charge in [-0.1, -0.05) is 31.7 Å². The first-order valence-corrected chi connectivity index (χ1v) is 9.67. The summed E-state index contributed by atoms with van der Waals surface area (Å²) in [5.74, 6) is -1.69. The van der Waals surface area contributed by atoms with Crippen LogP contribution in [0.15, 0.2) is 43.0 Å². The van der Waals surface area contributed by atoms with Crippen LogP contribution in [-0.2, 0) is 0 Å². The number of rotatable bonds is 5. The molecule has 2 aromatic carbocycles. The molecule has 146 valence electrons. The zero-order valence-electron chi connectivity index (χ0n) is 15.9. The summed E-state index contributed by atoms with van der Waals surface area (Å²) in [6, 6.07) is 10.0. The Kier molecular flexibility index (Phi) is 5.13. The standard InChI is InChI=1S/C22H24F2N4/c1-3-28-11-9-16(10-12-28)25-14(2)22-18-13-15(7-8-20(18)26-27-22)17-5-4-6-19(23)21(17)24/h4-8,13,16,25H,2-3,9-12H2,1H3,(H,26,27). The molecule has 3 aromatic rings. The lowest BCUT2D eigenvalue weighted by Crippen LogP contribution is -2.41. The van der Waals surface area contributed by atoms with Crippen molar-refractivity contribution in [3.8, 4) is 11.1 Å². The molecule has 0 spiro atoms. The molecule has 1 aromatic heterocycles. The summed E-state index contributed by atoms with van der Waals surface area (Å²) in [5, 5.41) is 11.7. The molecular formula is C22H24F2N4. The zero-order chi connectivity index (χ0) is 19.7. The molecule has 4 nitrogen and oxygen atoms in total. The minimum Gasteiger partial charge on any atom is -0.381 e. The SMILES string of the molecule is C=C(NC1CCN(CC)CC1)c1n[nH]c2ccc(-c3cccc(F)c3F)cc12. The van der Waals surface area contributed by atoms with Gasteiger partial charge in [0.05, 0.1) is 11.2 Å². The Labute approximate surface area is 163 Å². The molecular weight excluding hydrogens is 358 g/mol. The number of nitrogens with zero attached hydrogens (tertiary/aromatic N) is 2. The van der Waals surface area contributed by atoms with Crippen LogP contribution >= 0.6 is 0 Å². The van der Waals surface area contributed by atoms with Crippen LogP contribution in [0, 0.1) is 11.6 Å². The van der Waals surface area contributed by atoms with Gasteiger partial charge in [-0.2, -0.15) is 5.10 Å². The third kappa shape index (κ3) is 3.52. The van der Waals surface area contributed by atoms with Crippen LogP contribution in [0.5, 0.6) is 0 Å². The zero-order valence-corrected chi connectivity index (χ0v) is 15.9. The number of aromatic amines is 1. The first-order valence-electron chi connectivity index (χ1n) is 9.67. The quantitative estimate of drug-likeness (QED) is 0.680. The number of benzene rings is 2. The van der Waals surface area contributed by atoms with E-state index in [4.69, 9.17) is 0 Å². The van der Waals surface area contributed by atoms with E-state index in [1.54, 1.807) is 12.1 Å². The Balaban J connectivity index is 1.60. The van der Waals surface area contributed by atoms with Crippen LogP contribution in [0.3, 0.4) is 0 Å². The van der Waals surface area contributed by atoms with Crippen LogP contribution in [0.2, 0.25) is 0 Å². The number of likely N-dealkylation sites (tertiary alicyclic amines) is 1. The molecule has 0 amide bonds. The summed E-state index contributed by atoms with van der Waals surface area (Å²) in [6.45, 7) is 9.59. The van der Waals surface area contributed by atoms with E-state index in [0.717, 1.165) is 55.1 Å². The number of hydrogen-bond donors (Lipinski definition) is 2. The fraction of sp³-hybridized carbons (Fsp3) is 0.318. The predicted molar refractivity (Wildman–Crippen MR) is 109 cm³/mol. The molecule has 0 unspecified atom stereocenters. The fourth-order valence-corrected chi connectivity index (χ4v) is 3.85. The van der Waals surface area contributed by atoms with Crippen molar-refractivity contribution in [2.24, 2.45) is 0 Å². The second-order valence-electron chi connectivity index (χ2n) is 7.27. The number of H-pyrrole nitrogens is 1. The Morgan fingerprint density at radius 3 is 2.79 bits per heavy atom. The highest BCUT2D eigenvalue weighted by Gasteiger charge is 2.20. The number of halogens is 2. The van der Waals surface area contributed by atoms with Crippen LogP contribution in [0.25, 0.3) is 27.7 Å². The van der Waals surface area contributed by atoms with Crippen LogP contribution < -0.4 is 5.32 Å². The van der Waals surface area contributed by atoms with Crippen molar-refractivity contribution in [1.82, 2.24) is 20.4 Å². The molecule has 0 radical (unpaired) electrons. The summed E-state index contributed by atoms with van der Waals surface area (Å²) in [7, 11) is 0. The molecule has 0 atom stereocenters. The van der Waals surface area contributed by atoms with E-state index in [9.17, 15) is 8.78 Å². The van der Waals surface area contributed by atoms with Gasteiger partial charge < -0.3 is 10.2 Å². The molecule has 28 heavy (non-hydrogen) atoms.